The molecule has 3 heteroatoms. The Morgan fingerprint density at radius 1 is 1.14 bits per heavy atom. The van der Waals surface area contributed by atoms with Crippen molar-refractivity contribution in [3.05, 3.63) is 36.0 Å². The van der Waals surface area contributed by atoms with E-state index in [9.17, 15) is 0 Å². The molecule has 3 nitrogen and oxygen atoms in total. The summed E-state index contributed by atoms with van der Waals surface area (Å²) in [6, 6.07) is 8.81. The highest BCUT2D eigenvalue weighted by Gasteiger charge is 2.11. The first-order valence-corrected chi connectivity index (χ1v) is 7.88. The Hall–Kier alpha value is -1.61. The van der Waals surface area contributed by atoms with Crippen molar-refractivity contribution in [1.29, 1.82) is 0 Å². The number of pyridine rings is 1. The van der Waals surface area contributed by atoms with Gasteiger partial charge in [0.05, 0.1) is 6.10 Å². The van der Waals surface area contributed by atoms with E-state index < -0.39 is 0 Å². The predicted molar refractivity (Wildman–Crippen MR) is 88.7 cm³/mol. The summed E-state index contributed by atoms with van der Waals surface area (Å²) in [6.45, 7) is 9.41. The maximum atomic E-state index is 6.02. The minimum Gasteiger partial charge on any atom is -0.474 e. The molecule has 21 heavy (non-hydrogen) atoms. The van der Waals surface area contributed by atoms with Gasteiger partial charge < -0.3 is 10.1 Å². The average Bonchev–Trinajstić information content (AvgIpc) is 2.46. The van der Waals surface area contributed by atoms with E-state index >= 15 is 0 Å². The number of nitrogens with one attached hydrogen (secondary N) is 1. The Morgan fingerprint density at radius 2 is 1.86 bits per heavy atom. The van der Waals surface area contributed by atoms with Crippen LogP contribution >= 0.6 is 0 Å². The zero-order valence-electron chi connectivity index (χ0n) is 13.5. The molecule has 0 saturated heterocycles. The summed E-state index contributed by atoms with van der Waals surface area (Å²) >= 11 is 0. The van der Waals surface area contributed by atoms with Gasteiger partial charge >= 0.3 is 0 Å². The quantitative estimate of drug-likeness (QED) is 0.824. The molecule has 0 aliphatic rings. The molecule has 0 spiro atoms. The fraction of sp³-hybridized carbons (Fsp3) is 0.500. The predicted octanol–water partition coefficient (Wildman–Crippen LogP) is 4.30. The largest absolute Gasteiger partial charge is 0.474 e. The van der Waals surface area contributed by atoms with Crippen molar-refractivity contribution in [2.24, 2.45) is 0 Å². The van der Waals surface area contributed by atoms with Gasteiger partial charge in [-0.2, -0.15) is 0 Å². The fourth-order valence-corrected chi connectivity index (χ4v) is 2.43. The number of benzene rings is 1. The average molecular weight is 286 g/mol. The summed E-state index contributed by atoms with van der Waals surface area (Å²) < 4.78 is 6.02. The van der Waals surface area contributed by atoms with Gasteiger partial charge in [0.2, 0.25) is 5.88 Å². The van der Waals surface area contributed by atoms with E-state index in [0.717, 1.165) is 30.7 Å². The highest BCUT2D eigenvalue weighted by molar-refractivity contribution is 5.89. The third-order valence-electron chi connectivity index (χ3n) is 3.55. The standard InChI is InChI=1S/C18H26N2O/c1-5-8-14(4)21-18-17-10-7-6-9-16(17)15(12-20-18)11-19-13(2)3/h6-7,9-10,12-14,19H,5,8,11H2,1-4H3. The molecule has 0 amide bonds. The molecule has 0 fully saturated rings. The second kappa shape index (κ2) is 7.41. The van der Waals surface area contributed by atoms with Crippen molar-refractivity contribution in [2.75, 3.05) is 0 Å². The van der Waals surface area contributed by atoms with Crippen LogP contribution in [-0.4, -0.2) is 17.1 Å². The van der Waals surface area contributed by atoms with Crippen LogP contribution in [-0.2, 0) is 6.54 Å². The van der Waals surface area contributed by atoms with E-state index in [4.69, 9.17) is 4.74 Å². The third-order valence-corrected chi connectivity index (χ3v) is 3.55. The van der Waals surface area contributed by atoms with Crippen molar-refractivity contribution in [1.82, 2.24) is 10.3 Å². The second-order valence-corrected chi connectivity index (χ2v) is 5.89. The third kappa shape index (κ3) is 4.18. The van der Waals surface area contributed by atoms with Gasteiger partial charge in [0.15, 0.2) is 0 Å². The monoisotopic (exact) mass is 286 g/mol. The Balaban J connectivity index is 2.30. The van der Waals surface area contributed by atoms with Crippen molar-refractivity contribution in [3.63, 3.8) is 0 Å². The molecule has 2 rings (SSSR count). The molecule has 0 saturated carbocycles. The minimum absolute atomic E-state index is 0.200. The number of fused-ring (bicyclic) bond motifs is 1. The summed E-state index contributed by atoms with van der Waals surface area (Å²) in [5, 5.41) is 5.78. The van der Waals surface area contributed by atoms with Crippen LogP contribution in [0.1, 0.15) is 46.1 Å². The molecule has 1 atom stereocenters. The molecule has 1 aromatic carbocycles. The van der Waals surface area contributed by atoms with Crippen molar-refractivity contribution >= 4 is 10.8 Å². The molecule has 1 N–H and O–H groups in total. The summed E-state index contributed by atoms with van der Waals surface area (Å²) in [5.41, 5.74) is 1.22. The van der Waals surface area contributed by atoms with Crippen LogP contribution < -0.4 is 10.1 Å². The first-order valence-electron chi connectivity index (χ1n) is 7.88. The van der Waals surface area contributed by atoms with E-state index in [2.05, 4.69) is 56.2 Å². The van der Waals surface area contributed by atoms with Crippen LogP contribution in [0.25, 0.3) is 10.8 Å². The van der Waals surface area contributed by atoms with Gasteiger partial charge in [0.25, 0.3) is 0 Å². The van der Waals surface area contributed by atoms with E-state index in [1.165, 1.54) is 10.9 Å². The molecule has 0 aliphatic heterocycles. The molecule has 1 heterocycles. The van der Waals surface area contributed by atoms with Gasteiger partial charge in [-0.3, -0.25) is 0 Å². The first kappa shape index (κ1) is 15.8. The zero-order chi connectivity index (χ0) is 15.2. The van der Waals surface area contributed by atoms with E-state index in [0.29, 0.717) is 6.04 Å². The summed E-state index contributed by atoms with van der Waals surface area (Å²) in [6.07, 6.45) is 4.30. The number of aromatic nitrogens is 1. The van der Waals surface area contributed by atoms with Crippen molar-refractivity contribution in [3.8, 4) is 5.88 Å². The van der Waals surface area contributed by atoms with Crippen molar-refractivity contribution < 1.29 is 4.74 Å². The molecule has 114 valence electrons. The summed E-state index contributed by atoms with van der Waals surface area (Å²) in [7, 11) is 0. The van der Waals surface area contributed by atoms with Gasteiger partial charge in [-0.05, 0) is 30.4 Å². The van der Waals surface area contributed by atoms with Crippen LogP contribution in [0.5, 0.6) is 5.88 Å². The number of ether oxygens (including phenoxy) is 1. The maximum absolute atomic E-state index is 6.02. The molecule has 2 aromatic rings. The number of hydrogen-bond donors (Lipinski definition) is 1. The van der Waals surface area contributed by atoms with Crippen LogP contribution in [0.2, 0.25) is 0 Å². The number of nitrogens with zero attached hydrogens (tertiary/aromatic N) is 1. The maximum Gasteiger partial charge on any atom is 0.221 e. The lowest BCUT2D eigenvalue weighted by atomic mass is 10.1. The lowest BCUT2D eigenvalue weighted by Crippen LogP contribution is -2.22. The van der Waals surface area contributed by atoms with Gasteiger partial charge in [-0.25, -0.2) is 4.98 Å². The van der Waals surface area contributed by atoms with Crippen LogP contribution in [0.15, 0.2) is 30.5 Å². The lowest BCUT2D eigenvalue weighted by Gasteiger charge is -2.16. The SMILES string of the molecule is CCCC(C)Oc1ncc(CNC(C)C)c2ccccc12. The van der Waals surface area contributed by atoms with Gasteiger partial charge in [-0.15, -0.1) is 0 Å². The number of hydrogen-bond acceptors (Lipinski definition) is 3. The van der Waals surface area contributed by atoms with Gasteiger partial charge in [0, 0.05) is 24.2 Å². The second-order valence-electron chi connectivity index (χ2n) is 5.89. The molecule has 0 aliphatic carbocycles. The first-order chi connectivity index (χ1) is 10.1. The molecule has 0 radical (unpaired) electrons. The summed E-state index contributed by atoms with van der Waals surface area (Å²) in [5.74, 6) is 0.750. The molecular formula is C18H26N2O. The van der Waals surface area contributed by atoms with Gasteiger partial charge in [0.1, 0.15) is 0 Å². The Morgan fingerprint density at radius 3 is 2.52 bits per heavy atom. The highest BCUT2D eigenvalue weighted by Crippen LogP contribution is 2.27. The molecule has 1 unspecified atom stereocenters. The minimum atomic E-state index is 0.200. The Bertz CT molecular complexity index is 580. The van der Waals surface area contributed by atoms with Crippen LogP contribution in [0.4, 0.5) is 0 Å². The van der Waals surface area contributed by atoms with Gasteiger partial charge in [-0.1, -0.05) is 45.4 Å². The topological polar surface area (TPSA) is 34.1 Å². The van der Waals surface area contributed by atoms with Crippen molar-refractivity contribution in [2.45, 2.75) is 59.2 Å². The Labute approximate surface area is 127 Å². The zero-order valence-corrected chi connectivity index (χ0v) is 13.5. The van der Waals surface area contributed by atoms with Crippen LogP contribution in [0, 0.1) is 0 Å². The Kier molecular flexibility index (Phi) is 5.57. The highest BCUT2D eigenvalue weighted by atomic mass is 16.5. The molecular weight excluding hydrogens is 260 g/mol. The molecule has 1 aromatic heterocycles. The van der Waals surface area contributed by atoms with Crippen LogP contribution in [0.3, 0.4) is 0 Å². The fourth-order valence-electron chi connectivity index (χ4n) is 2.43. The normalized spacial score (nSPS) is 12.8. The number of rotatable bonds is 7. The van der Waals surface area contributed by atoms with E-state index in [1.54, 1.807) is 0 Å². The molecule has 0 bridgehead atoms. The lowest BCUT2D eigenvalue weighted by molar-refractivity contribution is 0.204. The van der Waals surface area contributed by atoms with E-state index in [1.807, 2.05) is 12.3 Å². The van der Waals surface area contributed by atoms with E-state index in [-0.39, 0.29) is 6.10 Å². The smallest absolute Gasteiger partial charge is 0.221 e. The summed E-state index contributed by atoms with van der Waals surface area (Å²) in [4.78, 5) is 4.54.